The molecule has 1 unspecified atom stereocenters. The normalized spacial score (nSPS) is 20.7. The summed E-state index contributed by atoms with van der Waals surface area (Å²) in [4.78, 5) is 14.5. The van der Waals surface area contributed by atoms with E-state index in [4.69, 9.17) is 9.47 Å². The molecule has 0 aliphatic carbocycles. The van der Waals surface area contributed by atoms with Crippen molar-refractivity contribution in [3.8, 4) is 5.75 Å². The van der Waals surface area contributed by atoms with Crippen LogP contribution in [-0.2, 0) is 10.3 Å². The highest BCUT2D eigenvalue weighted by molar-refractivity contribution is 5.70. The third kappa shape index (κ3) is 3.82. The topological polar surface area (TPSA) is 38.8 Å². The van der Waals surface area contributed by atoms with Crippen molar-refractivity contribution in [1.82, 2.24) is 4.90 Å². The zero-order valence-corrected chi connectivity index (χ0v) is 15.7. The van der Waals surface area contributed by atoms with E-state index in [9.17, 15) is 9.18 Å². The molecule has 0 spiro atoms. The summed E-state index contributed by atoms with van der Waals surface area (Å²) < 4.78 is 24.4. The number of cyclic esters (lactones) is 1. The molecule has 2 aromatic rings. The summed E-state index contributed by atoms with van der Waals surface area (Å²) in [5.41, 5.74) is 0.988. The second-order valence-electron chi connectivity index (χ2n) is 6.75. The number of carbonyl (C=O) groups excluding carboxylic acids is 1. The van der Waals surface area contributed by atoms with Crippen LogP contribution >= 0.6 is 0 Å². The number of hydrogen-bond donors (Lipinski definition) is 0. The highest BCUT2D eigenvalue weighted by atomic mass is 19.1. The van der Waals surface area contributed by atoms with E-state index in [0.29, 0.717) is 19.4 Å². The molecule has 1 aliphatic rings. The minimum absolute atomic E-state index is 0.127. The standard InChI is InChI=1S/C22H24FNO3/c1-4-13-22(18-7-9-19(23)10-8-18)14-15-24(21(25)27-22)16(2)17-5-11-20(26-3)12-6-17/h4-12,16H,1,13-15H2,2-3H3/t16-,22?/m0/s1. The fraction of sp³-hybridized carbons (Fsp3) is 0.318. The van der Waals surface area contributed by atoms with Gasteiger partial charge in [-0.15, -0.1) is 6.58 Å². The van der Waals surface area contributed by atoms with E-state index < -0.39 is 5.60 Å². The largest absolute Gasteiger partial charge is 0.497 e. The second-order valence-corrected chi connectivity index (χ2v) is 6.75. The van der Waals surface area contributed by atoms with Crippen molar-refractivity contribution in [3.63, 3.8) is 0 Å². The van der Waals surface area contributed by atoms with Crippen LogP contribution < -0.4 is 4.74 Å². The molecule has 1 amide bonds. The lowest BCUT2D eigenvalue weighted by Gasteiger charge is -2.43. The molecule has 2 atom stereocenters. The summed E-state index contributed by atoms with van der Waals surface area (Å²) >= 11 is 0. The van der Waals surface area contributed by atoms with E-state index in [1.165, 1.54) is 12.1 Å². The van der Waals surface area contributed by atoms with Crippen LogP contribution in [0, 0.1) is 5.82 Å². The third-order valence-corrected chi connectivity index (χ3v) is 5.18. The average Bonchev–Trinajstić information content (AvgIpc) is 2.68. The van der Waals surface area contributed by atoms with Gasteiger partial charge in [-0.1, -0.05) is 30.3 Å². The Labute approximate surface area is 159 Å². The molecule has 0 radical (unpaired) electrons. The maximum absolute atomic E-state index is 13.3. The monoisotopic (exact) mass is 369 g/mol. The Kier molecular flexibility index (Phi) is 5.49. The van der Waals surface area contributed by atoms with Crippen molar-refractivity contribution < 1.29 is 18.7 Å². The van der Waals surface area contributed by atoms with Gasteiger partial charge in [0.05, 0.1) is 13.2 Å². The number of rotatable bonds is 6. The van der Waals surface area contributed by atoms with E-state index in [1.54, 1.807) is 30.2 Å². The third-order valence-electron chi connectivity index (χ3n) is 5.18. The molecule has 5 heteroatoms. The number of ether oxygens (including phenoxy) is 2. The van der Waals surface area contributed by atoms with Crippen LogP contribution in [0.5, 0.6) is 5.75 Å². The lowest BCUT2D eigenvalue weighted by molar-refractivity contribution is -0.0588. The molecule has 3 rings (SSSR count). The Morgan fingerprint density at radius 3 is 2.48 bits per heavy atom. The minimum Gasteiger partial charge on any atom is -0.497 e. The maximum atomic E-state index is 13.3. The zero-order chi connectivity index (χ0) is 19.4. The van der Waals surface area contributed by atoms with Gasteiger partial charge >= 0.3 is 6.09 Å². The smallest absolute Gasteiger partial charge is 0.411 e. The molecule has 1 aliphatic heterocycles. The van der Waals surface area contributed by atoms with Crippen molar-refractivity contribution in [2.75, 3.05) is 13.7 Å². The Balaban J connectivity index is 1.80. The quantitative estimate of drug-likeness (QED) is 0.656. The first-order valence-electron chi connectivity index (χ1n) is 8.99. The molecular weight excluding hydrogens is 345 g/mol. The van der Waals surface area contributed by atoms with Gasteiger partial charge in [-0.2, -0.15) is 0 Å². The van der Waals surface area contributed by atoms with Crippen molar-refractivity contribution >= 4 is 6.09 Å². The van der Waals surface area contributed by atoms with Crippen LogP contribution in [0.4, 0.5) is 9.18 Å². The van der Waals surface area contributed by atoms with Gasteiger partial charge in [0.1, 0.15) is 17.2 Å². The van der Waals surface area contributed by atoms with Crippen LogP contribution in [0.15, 0.2) is 61.2 Å². The molecule has 142 valence electrons. The van der Waals surface area contributed by atoms with Crippen molar-refractivity contribution in [3.05, 3.63) is 78.1 Å². The number of benzene rings is 2. The molecule has 0 saturated carbocycles. The highest BCUT2D eigenvalue weighted by Crippen LogP contribution is 2.40. The summed E-state index contributed by atoms with van der Waals surface area (Å²) in [6, 6.07) is 13.6. The Morgan fingerprint density at radius 1 is 1.26 bits per heavy atom. The molecule has 2 aromatic carbocycles. The van der Waals surface area contributed by atoms with Crippen LogP contribution in [0.25, 0.3) is 0 Å². The first-order chi connectivity index (χ1) is 13.0. The van der Waals surface area contributed by atoms with Gasteiger partial charge in [-0.05, 0) is 42.3 Å². The molecule has 0 N–H and O–H groups in total. The van der Waals surface area contributed by atoms with Crippen molar-refractivity contribution in [2.45, 2.75) is 31.4 Å². The molecule has 27 heavy (non-hydrogen) atoms. The number of carbonyl (C=O) groups is 1. The highest BCUT2D eigenvalue weighted by Gasteiger charge is 2.42. The number of amides is 1. The van der Waals surface area contributed by atoms with Crippen LogP contribution in [0.1, 0.15) is 36.9 Å². The van der Waals surface area contributed by atoms with Crippen LogP contribution in [-0.4, -0.2) is 24.6 Å². The van der Waals surface area contributed by atoms with Crippen molar-refractivity contribution in [1.29, 1.82) is 0 Å². The summed E-state index contributed by atoms with van der Waals surface area (Å²) in [6.07, 6.45) is 2.45. The number of methoxy groups -OCH3 is 1. The maximum Gasteiger partial charge on any atom is 0.411 e. The van der Waals surface area contributed by atoms with E-state index in [0.717, 1.165) is 16.9 Å². The molecule has 0 aromatic heterocycles. The lowest BCUT2D eigenvalue weighted by Crippen LogP contribution is -2.48. The number of nitrogens with zero attached hydrogens (tertiary/aromatic N) is 1. The first kappa shape index (κ1) is 19.0. The van der Waals surface area contributed by atoms with E-state index in [1.807, 2.05) is 31.2 Å². The summed E-state index contributed by atoms with van der Waals surface area (Å²) in [6.45, 7) is 6.31. The Bertz CT molecular complexity index is 803. The first-order valence-corrected chi connectivity index (χ1v) is 8.99. The fourth-order valence-corrected chi connectivity index (χ4v) is 3.53. The summed E-state index contributed by atoms with van der Waals surface area (Å²) in [7, 11) is 1.62. The van der Waals surface area contributed by atoms with Crippen LogP contribution in [0.2, 0.25) is 0 Å². The number of hydrogen-bond acceptors (Lipinski definition) is 3. The summed E-state index contributed by atoms with van der Waals surface area (Å²) in [5.74, 6) is 0.456. The van der Waals surface area contributed by atoms with Crippen molar-refractivity contribution in [2.24, 2.45) is 0 Å². The predicted molar refractivity (Wildman–Crippen MR) is 102 cm³/mol. The van der Waals surface area contributed by atoms with Gasteiger partial charge in [0, 0.05) is 19.4 Å². The predicted octanol–water partition coefficient (Wildman–Crippen LogP) is 5.21. The lowest BCUT2D eigenvalue weighted by atomic mass is 9.85. The van der Waals surface area contributed by atoms with Gasteiger partial charge in [-0.25, -0.2) is 9.18 Å². The molecule has 1 heterocycles. The molecule has 1 saturated heterocycles. The zero-order valence-electron chi connectivity index (χ0n) is 15.7. The molecule has 1 fully saturated rings. The van der Waals surface area contributed by atoms with Gasteiger partial charge in [0.15, 0.2) is 0 Å². The number of halogens is 1. The van der Waals surface area contributed by atoms with E-state index >= 15 is 0 Å². The fourth-order valence-electron chi connectivity index (χ4n) is 3.53. The Morgan fingerprint density at radius 2 is 1.93 bits per heavy atom. The van der Waals surface area contributed by atoms with Gasteiger partial charge < -0.3 is 14.4 Å². The van der Waals surface area contributed by atoms with Gasteiger partial charge in [-0.3, -0.25) is 0 Å². The van der Waals surface area contributed by atoms with Gasteiger partial charge in [0.2, 0.25) is 0 Å². The second kappa shape index (κ2) is 7.82. The molecule has 4 nitrogen and oxygen atoms in total. The average molecular weight is 369 g/mol. The van der Waals surface area contributed by atoms with Crippen LogP contribution in [0.3, 0.4) is 0 Å². The SMILES string of the molecule is C=CCC1(c2ccc(F)cc2)CCN([C@@H](C)c2ccc(OC)cc2)C(=O)O1. The van der Waals surface area contributed by atoms with Gasteiger partial charge in [0.25, 0.3) is 0 Å². The Hall–Kier alpha value is -2.82. The van der Waals surface area contributed by atoms with E-state index in [-0.39, 0.29) is 18.0 Å². The van der Waals surface area contributed by atoms with E-state index in [2.05, 4.69) is 6.58 Å². The molecule has 0 bridgehead atoms. The summed E-state index contributed by atoms with van der Waals surface area (Å²) in [5, 5.41) is 0. The molecular formula is C22H24FNO3. The minimum atomic E-state index is -0.803.